The van der Waals surface area contributed by atoms with Crippen molar-refractivity contribution in [3.8, 4) is 6.07 Å². The van der Waals surface area contributed by atoms with Crippen LogP contribution in [-0.2, 0) is 0 Å². The van der Waals surface area contributed by atoms with Gasteiger partial charge in [-0.05, 0) is 25.7 Å². The average Bonchev–Trinajstić information content (AvgIpc) is 2.44. The van der Waals surface area contributed by atoms with Crippen LogP contribution in [0.4, 0.5) is 0 Å². The van der Waals surface area contributed by atoms with Crippen LogP contribution in [-0.4, -0.2) is 36.6 Å². The van der Waals surface area contributed by atoms with Gasteiger partial charge in [0, 0.05) is 25.7 Å². The van der Waals surface area contributed by atoms with E-state index in [2.05, 4.69) is 44.0 Å². The number of hydrogen-bond donors (Lipinski definition) is 1. The Bertz CT molecular complexity index is 222. The van der Waals surface area contributed by atoms with Crippen molar-refractivity contribution in [3.63, 3.8) is 0 Å². The quantitative estimate of drug-likeness (QED) is 0.762. The van der Waals surface area contributed by atoms with Gasteiger partial charge in [0.25, 0.3) is 0 Å². The molecule has 0 amide bonds. The van der Waals surface area contributed by atoms with Crippen LogP contribution in [0.5, 0.6) is 0 Å². The molecular formula is C12H23N3. The number of nitriles is 1. The molecule has 1 N–H and O–H groups in total. The van der Waals surface area contributed by atoms with Crippen LogP contribution in [0.25, 0.3) is 0 Å². The summed E-state index contributed by atoms with van der Waals surface area (Å²) in [6.07, 6.45) is 0. The summed E-state index contributed by atoms with van der Waals surface area (Å²) >= 11 is 0. The van der Waals surface area contributed by atoms with Crippen LogP contribution in [0.15, 0.2) is 0 Å². The minimum atomic E-state index is -0.0255. The molecular weight excluding hydrogens is 186 g/mol. The third kappa shape index (κ3) is 3.81. The van der Waals surface area contributed by atoms with Crippen molar-refractivity contribution in [1.82, 2.24) is 10.2 Å². The van der Waals surface area contributed by atoms with Crippen LogP contribution in [0.3, 0.4) is 0 Å². The molecule has 1 rings (SSSR count). The first-order valence-electron chi connectivity index (χ1n) is 5.91. The lowest BCUT2D eigenvalue weighted by atomic mass is 10.0. The first-order chi connectivity index (χ1) is 7.02. The van der Waals surface area contributed by atoms with Crippen molar-refractivity contribution in [3.05, 3.63) is 0 Å². The number of nitrogens with zero attached hydrogens (tertiary/aromatic N) is 2. The van der Waals surface area contributed by atoms with E-state index in [4.69, 9.17) is 5.26 Å². The minimum absolute atomic E-state index is 0.0255. The molecule has 0 spiro atoms. The highest BCUT2D eigenvalue weighted by Crippen LogP contribution is 2.21. The minimum Gasteiger partial charge on any atom is -0.300 e. The normalized spacial score (nSPS) is 29.3. The van der Waals surface area contributed by atoms with Gasteiger partial charge in [0.1, 0.15) is 6.04 Å². The number of hydrogen-bond acceptors (Lipinski definition) is 3. The molecule has 0 aromatic rings. The van der Waals surface area contributed by atoms with Gasteiger partial charge in [0.15, 0.2) is 0 Å². The lowest BCUT2D eigenvalue weighted by Crippen LogP contribution is -2.42. The van der Waals surface area contributed by atoms with Crippen LogP contribution < -0.4 is 5.32 Å². The predicted octanol–water partition coefficient (Wildman–Crippen LogP) is 1.46. The summed E-state index contributed by atoms with van der Waals surface area (Å²) < 4.78 is 0. The van der Waals surface area contributed by atoms with Gasteiger partial charge >= 0.3 is 0 Å². The van der Waals surface area contributed by atoms with Crippen molar-refractivity contribution in [1.29, 1.82) is 5.26 Å². The molecule has 0 saturated carbocycles. The highest BCUT2D eigenvalue weighted by Gasteiger charge is 2.27. The van der Waals surface area contributed by atoms with Crippen molar-refractivity contribution in [2.75, 3.05) is 19.6 Å². The standard InChI is InChI=1S/C12H23N3/c1-9(2)14-12(5-13)8-15-6-10(3)11(4)7-15/h9-12,14H,6-8H2,1-4H3. The Morgan fingerprint density at radius 2 is 1.87 bits per heavy atom. The molecule has 1 heterocycles. The van der Waals surface area contributed by atoms with Crippen molar-refractivity contribution >= 4 is 0 Å². The van der Waals surface area contributed by atoms with Crippen molar-refractivity contribution in [2.45, 2.75) is 39.8 Å². The van der Waals surface area contributed by atoms with Crippen molar-refractivity contribution < 1.29 is 0 Å². The zero-order valence-electron chi connectivity index (χ0n) is 10.3. The highest BCUT2D eigenvalue weighted by molar-refractivity contribution is 4.94. The van der Waals surface area contributed by atoms with E-state index in [1.807, 2.05) is 0 Å². The Hall–Kier alpha value is -0.590. The number of rotatable bonds is 4. The zero-order chi connectivity index (χ0) is 11.4. The smallest absolute Gasteiger partial charge is 0.108 e. The van der Waals surface area contributed by atoms with Gasteiger partial charge in [0.05, 0.1) is 6.07 Å². The number of likely N-dealkylation sites (tertiary alicyclic amines) is 1. The third-order valence-electron chi connectivity index (χ3n) is 3.19. The molecule has 3 atom stereocenters. The molecule has 0 aromatic heterocycles. The van der Waals surface area contributed by atoms with E-state index in [0.29, 0.717) is 6.04 Å². The number of nitrogens with one attached hydrogen (secondary N) is 1. The summed E-state index contributed by atoms with van der Waals surface area (Å²) in [7, 11) is 0. The predicted molar refractivity (Wildman–Crippen MR) is 62.4 cm³/mol. The summed E-state index contributed by atoms with van der Waals surface area (Å²) in [5, 5.41) is 12.3. The van der Waals surface area contributed by atoms with Crippen LogP contribution in [0.1, 0.15) is 27.7 Å². The topological polar surface area (TPSA) is 39.1 Å². The Morgan fingerprint density at radius 3 is 2.27 bits per heavy atom. The van der Waals surface area contributed by atoms with Crippen LogP contribution in [0.2, 0.25) is 0 Å². The maximum atomic E-state index is 9.03. The molecule has 86 valence electrons. The molecule has 3 nitrogen and oxygen atoms in total. The molecule has 1 saturated heterocycles. The molecule has 15 heavy (non-hydrogen) atoms. The lowest BCUT2D eigenvalue weighted by molar-refractivity contribution is 0.295. The fourth-order valence-corrected chi connectivity index (χ4v) is 2.19. The van der Waals surface area contributed by atoms with Gasteiger partial charge < -0.3 is 4.90 Å². The maximum Gasteiger partial charge on any atom is 0.108 e. The third-order valence-corrected chi connectivity index (χ3v) is 3.19. The van der Waals surface area contributed by atoms with E-state index >= 15 is 0 Å². The summed E-state index contributed by atoms with van der Waals surface area (Å²) in [5.41, 5.74) is 0. The Morgan fingerprint density at radius 1 is 1.33 bits per heavy atom. The van der Waals surface area contributed by atoms with Gasteiger partial charge in [-0.1, -0.05) is 13.8 Å². The average molecular weight is 209 g/mol. The largest absolute Gasteiger partial charge is 0.300 e. The van der Waals surface area contributed by atoms with Crippen LogP contribution >= 0.6 is 0 Å². The molecule has 1 aliphatic heterocycles. The SMILES string of the molecule is CC(C)NC(C#N)CN1CC(C)C(C)C1. The first-order valence-corrected chi connectivity index (χ1v) is 5.91. The van der Waals surface area contributed by atoms with E-state index in [0.717, 1.165) is 31.5 Å². The molecule has 1 fully saturated rings. The van der Waals surface area contributed by atoms with E-state index in [-0.39, 0.29) is 6.04 Å². The van der Waals surface area contributed by atoms with E-state index in [9.17, 15) is 0 Å². The summed E-state index contributed by atoms with van der Waals surface area (Å²) in [6.45, 7) is 11.9. The summed E-state index contributed by atoms with van der Waals surface area (Å²) in [5.74, 6) is 1.53. The molecule has 0 bridgehead atoms. The maximum absolute atomic E-state index is 9.03. The second-order valence-electron chi connectivity index (χ2n) is 5.18. The fraction of sp³-hybridized carbons (Fsp3) is 0.917. The van der Waals surface area contributed by atoms with E-state index in [1.54, 1.807) is 0 Å². The van der Waals surface area contributed by atoms with Gasteiger partial charge in [-0.2, -0.15) is 5.26 Å². The molecule has 1 aliphatic rings. The van der Waals surface area contributed by atoms with Crippen molar-refractivity contribution in [2.24, 2.45) is 11.8 Å². The molecule has 0 aliphatic carbocycles. The monoisotopic (exact) mass is 209 g/mol. The van der Waals surface area contributed by atoms with Crippen LogP contribution in [0, 0.1) is 23.2 Å². The second-order valence-corrected chi connectivity index (χ2v) is 5.18. The summed E-state index contributed by atoms with van der Waals surface area (Å²) in [4.78, 5) is 2.40. The van der Waals surface area contributed by atoms with E-state index in [1.165, 1.54) is 0 Å². The Labute approximate surface area is 93.5 Å². The molecule has 3 unspecified atom stereocenters. The highest BCUT2D eigenvalue weighted by atomic mass is 15.2. The van der Waals surface area contributed by atoms with Gasteiger partial charge in [0.2, 0.25) is 0 Å². The molecule has 0 aromatic carbocycles. The molecule has 3 heteroatoms. The van der Waals surface area contributed by atoms with Gasteiger partial charge in [-0.15, -0.1) is 0 Å². The van der Waals surface area contributed by atoms with Gasteiger partial charge in [-0.25, -0.2) is 0 Å². The van der Waals surface area contributed by atoms with Gasteiger partial charge in [-0.3, -0.25) is 5.32 Å². The zero-order valence-corrected chi connectivity index (χ0v) is 10.3. The fourth-order valence-electron chi connectivity index (χ4n) is 2.19. The first kappa shape index (κ1) is 12.5. The summed E-state index contributed by atoms with van der Waals surface area (Å²) in [6, 6.07) is 2.69. The Balaban J connectivity index is 2.37. The lowest BCUT2D eigenvalue weighted by Gasteiger charge is -2.21. The second kappa shape index (κ2) is 5.48. The Kier molecular flexibility index (Phi) is 4.56. The van der Waals surface area contributed by atoms with E-state index < -0.39 is 0 Å². The molecule has 0 radical (unpaired) electrons.